The predicted octanol–water partition coefficient (Wildman–Crippen LogP) is 4.77. The number of hydrogen-bond acceptors (Lipinski definition) is 2. The van der Waals surface area contributed by atoms with E-state index < -0.39 is 0 Å². The van der Waals surface area contributed by atoms with Crippen LogP contribution in [0.1, 0.15) is 43.6 Å². The molecule has 0 bridgehead atoms. The van der Waals surface area contributed by atoms with Crippen molar-refractivity contribution < 1.29 is 0 Å². The van der Waals surface area contributed by atoms with Crippen molar-refractivity contribution in [3.8, 4) is 0 Å². The Morgan fingerprint density at radius 2 is 2.14 bits per heavy atom. The highest BCUT2D eigenvalue weighted by Gasteiger charge is 2.14. The number of likely N-dealkylation sites (N-methyl/N-ethyl adjacent to an activating group) is 1. The Morgan fingerprint density at radius 1 is 1.38 bits per heavy atom. The van der Waals surface area contributed by atoms with Gasteiger partial charge in [0, 0.05) is 29.2 Å². The lowest BCUT2D eigenvalue weighted by molar-refractivity contribution is 0.469. The number of nitrogens with zero attached hydrogens (tertiary/aromatic N) is 2. The Bertz CT molecular complexity index is 597. The molecule has 1 N–H and O–H groups in total. The first-order chi connectivity index (χ1) is 10.0. The summed E-state index contributed by atoms with van der Waals surface area (Å²) >= 11 is 9.61. The molecule has 2 unspecified atom stereocenters. The van der Waals surface area contributed by atoms with E-state index in [0.717, 1.165) is 28.0 Å². The first-order valence-electron chi connectivity index (χ1n) is 7.21. The molecule has 21 heavy (non-hydrogen) atoms. The van der Waals surface area contributed by atoms with Crippen LogP contribution in [0.3, 0.4) is 0 Å². The van der Waals surface area contributed by atoms with Gasteiger partial charge in [0.1, 0.15) is 0 Å². The molecule has 0 radical (unpaired) electrons. The molecule has 0 amide bonds. The van der Waals surface area contributed by atoms with E-state index in [-0.39, 0.29) is 6.04 Å². The van der Waals surface area contributed by atoms with E-state index in [1.165, 1.54) is 5.56 Å². The van der Waals surface area contributed by atoms with Crippen molar-refractivity contribution in [2.45, 2.75) is 38.8 Å². The van der Waals surface area contributed by atoms with E-state index in [1.54, 1.807) is 0 Å². The monoisotopic (exact) mass is 369 g/mol. The largest absolute Gasteiger partial charge is 0.313 e. The Morgan fingerprint density at radius 3 is 2.76 bits per heavy atom. The van der Waals surface area contributed by atoms with Crippen LogP contribution in [-0.4, -0.2) is 16.8 Å². The van der Waals surface area contributed by atoms with Crippen LogP contribution < -0.4 is 5.32 Å². The molecule has 0 aliphatic rings. The van der Waals surface area contributed by atoms with E-state index in [1.807, 2.05) is 23.9 Å². The van der Waals surface area contributed by atoms with Crippen molar-refractivity contribution in [3.05, 3.63) is 51.2 Å². The van der Waals surface area contributed by atoms with Crippen LogP contribution in [0.4, 0.5) is 0 Å². The average molecular weight is 371 g/mol. The summed E-state index contributed by atoms with van der Waals surface area (Å²) in [6, 6.07) is 8.81. The minimum Gasteiger partial charge on any atom is -0.313 e. The molecule has 2 rings (SSSR count). The van der Waals surface area contributed by atoms with Crippen molar-refractivity contribution in [1.29, 1.82) is 0 Å². The molecule has 0 aliphatic heterocycles. The lowest BCUT2D eigenvalue weighted by Gasteiger charge is -2.16. The van der Waals surface area contributed by atoms with Crippen LogP contribution in [-0.2, 0) is 6.42 Å². The second-order valence-electron chi connectivity index (χ2n) is 5.26. The molecule has 0 saturated carbocycles. The van der Waals surface area contributed by atoms with Crippen LogP contribution >= 0.6 is 27.5 Å². The minimum absolute atomic E-state index is 0.205. The van der Waals surface area contributed by atoms with Crippen LogP contribution in [0, 0.1) is 0 Å². The standard InChI is InChI=1S/C16H21BrClN3/c1-4-11(2)21-8-7-13(20-21)10-16(19-3)12-5-6-14(17)15(18)9-12/h5-9,11,16,19H,4,10H2,1-3H3. The summed E-state index contributed by atoms with van der Waals surface area (Å²) in [6.45, 7) is 4.35. The molecule has 2 aromatic rings. The van der Waals surface area contributed by atoms with Crippen LogP contribution in [0.15, 0.2) is 34.9 Å². The van der Waals surface area contributed by atoms with Crippen LogP contribution in [0.2, 0.25) is 5.02 Å². The summed E-state index contributed by atoms with van der Waals surface area (Å²) in [5, 5.41) is 8.75. The molecule has 1 aromatic carbocycles. The fourth-order valence-corrected chi connectivity index (χ4v) is 2.68. The first-order valence-corrected chi connectivity index (χ1v) is 8.38. The Hall–Kier alpha value is -0.840. The maximum atomic E-state index is 6.19. The third-order valence-electron chi connectivity index (χ3n) is 3.81. The number of aromatic nitrogens is 2. The molecule has 0 saturated heterocycles. The summed E-state index contributed by atoms with van der Waals surface area (Å²) in [5.41, 5.74) is 2.26. The quantitative estimate of drug-likeness (QED) is 0.793. The van der Waals surface area contributed by atoms with Gasteiger partial charge in [0.05, 0.1) is 10.7 Å². The highest BCUT2D eigenvalue weighted by molar-refractivity contribution is 9.10. The van der Waals surface area contributed by atoms with Crippen molar-refractivity contribution >= 4 is 27.5 Å². The summed E-state index contributed by atoms with van der Waals surface area (Å²) in [5.74, 6) is 0. The zero-order chi connectivity index (χ0) is 15.4. The topological polar surface area (TPSA) is 29.9 Å². The van der Waals surface area contributed by atoms with Crippen molar-refractivity contribution in [2.24, 2.45) is 0 Å². The number of rotatable bonds is 6. The van der Waals surface area contributed by atoms with Gasteiger partial charge in [-0.2, -0.15) is 5.10 Å². The van der Waals surface area contributed by atoms with Gasteiger partial charge in [0.15, 0.2) is 0 Å². The fourth-order valence-electron chi connectivity index (χ4n) is 2.24. The highest BCUT2D eigenvalue weighted by Crippen LogP contribution is 2.27. The first kappa shape index (κ1) is 16.5. The summed E-state index contributed by atoms with van der Waals surface area (Å²) in [7, 11) is 1.96. The molecule has 1 aromatic heterocycles. The normalized spacial score (nSPS) is 14.1. The number of nitrogens with one attached hydrogen (secondary N) is 1. The molecule has 0 fully saturated rings. The van der Waals surface area contributed by atoms with E-state index in [0.29, 0.717) is 6.04 Å². The number of benzene rings is 1. The second-order valence-corrected chi connectivity index (χ2v) is 6.52. The van der Waals surface area contributed by atoms with Crippen LogP contribution in [0.25, 0.3) is 0 Å². The van der Waals surface area contributed by atoms with Gasteiger partial charge in [-0.1, -0.05) is 24.6 Å². The summed E-state index contributed by atoms with van der Waals surface area (Å²) < 4.78 is 2.96. The lowest BCUT2D eigenvalue weighted by atomic mass is 10.0. The summed E-state index contributed by atoms with van der Waals surface area (Å²) in [6.07, 6.45) is 3.99. The molecule has 1 heterocycles. The lowest BCUT2D eigenvalue weighted by Crippen LogP contribution is -2.19. The molecule has 5 heteroatoms. The molecule has 2 atom stereocenters. The van der Waals surface area contributed by atoms with Gasteiger partial charge in [-0.3, -0.25) is 4.68 Å². The Balaban J connectivity index is 2.15. The second kappa shape index (κ2) is 7.43. The summed E-state index contributed by atoms with van der Waals surface area (Å²) in [4.78, 5) is 0. The molecule has 3 nitrogen and oxygen atoms in total. The predicted molar refractivity (Wildman–Crippen MR) is 91.9 cm³/mol. The van der Waals surface area contributed by atoms with E-state index >= 15 is 0 Å². The van der Waals surface area contributed by atoms with E-state index in [9.17, 15) is 0 Å². The van der Waals surface area contributed by atoms with Gasteiger partial charge in [0.2, 0.25) is 0 Å². The maximum Gasteiger partial charge on any atom is 0.0643 e. The molecule has 0 spiro atoms. The number of hydrogen-bond donors (Lipinski definition) is 1. The zero-order valence-electron chi connectivity index (χ0n) is 12.6. The molecular weight excluding hydrogens is 350 g/mol. The van der Waals surface area contributed by atoms with Gasteiger partial charge in [-0.05, 0) is 60.1 Å². The van der Waals surface area contributed by atoms with Crippen molar-refractivity contribution in [2.75, 3.05) is 7.05 Å². The Kier molecular flexibility index (Phi) is 5.85. The van der Waals surface area contributed by atoms with Gasteiger partial charge in [-0.25, -0.2) is 0 Å². The SMILES string of the molecule is CCC(C)n1ccc(CC(NC)c2ccc(Br)c(Cl)c2)n1. The Labute approximate surface area is 139 Å². The highest BCUT2D eigenvalue weighted by atomic mass is 79.9. The zero-order valence-corrected chi connectivity index (χ0v) is 14.9. The number of halogens is 2. The van der Waals surface area contributed by atoms with Gasteiger partial charge in [0.25, 0.3) is 0 Å². The van der Waals surface area contributed by atoms with Gasteiger partial charge in [-0.15, -0.1) is 0 Å². The van der Waals surface area contributed by atoms with Gasteiger partial charge < -0.3 is 5.32 Å². The average Bonchev–Trinajstić information content (AvgIpc) is 2.95. The van der Waals surface area contributed by atoms with Crippen molar-refractivity contribution in [1.82, 2.24) is 15.1 Å². The molecule has 0 aliphatic carbocycles. The van der Waals surface area contributed by atoms with Crippen LogP contribution in [0.5, 0.6) is 0 Å². The molecular formula is C16H21BrClN3. The molecule has 114 valence electrons. The van der Waals surface area contributed by atoms with E-state index in [2.05, 4.69) is 58.5 Å². The smallest absolute Gasteiger partial charge is 0.0643 e. The van der Waals surface area contributed by atoms with Crippen molar-refractivity contribution in [3.63, 3.8) is 0 Å². The fraction of sp³-hybridized carbons (Fsp3) is 0.438. The maximum absolute atomic E-state index is 6.19. The van der Waals surface area contributed by atoms with Gasteiger partial charge >= 0.3 is 0 Å². The van der Waals surface area contributed by atoms with E-state index in [4.69, 9.17) is 11.6 Å². The third kappa shape index (κ3) is 4.09. The third-order valence-corrected chi connectivity index (χ3v) is 5.05. The minimum atomic E-state index is 0.205.